The molecule has 0 unspecified atom stereocenters. The third-order valence-electron chi connectivity index (χ3n) is 4.58. The lowest BCUT2D eigenvalue weighted by Crippen LogP contribution is -2.57. The van der Waals surface area contributed by atoms with E-state index in [1.165, 1.54) is 4.90 Å². The SMILES string of the molecule is CCC[C@@]1(C(=O)O)CN(C(=O)c2cccc(OCC)c2)CC[C@@H]1O. The van der Waals surface area contributed by atoms with Crippen molar-refractivity contribution in [2.24, 2.45) is 5.41 Å². The third kappa shape index (κ3) is 3.53. The minimum Gasteiger partial charge on any atom is -0.494 e. The lowest BCUT2D eigenvalue weighted by Gasteiger charge is -2.43. The Bertz CT molecular complexity index is 603. The van der Waals surface area contributed by atoms with Crippen LogP contribution in [0.1, 0.15) is 43.5 Å². The molecule has 0 radical (unpaired) electrons. The Balaban J connectivity index is 2.24. The fourth-order valence-electron chi connectivity index (χ4n) is 3.33. The van der Waals surface area contributed by atoms with E-state index in [0.29, 0.717) is 37.3 Å². The second-order valence-electron chi connectivity index (χ2n) is 6.20. The first-order chi connectivity index (χ1) is 11.4. The van der Waals surface area contributed by atoms with Gasteiger partial charge in [-0.3, -0.25) is 9.59 Å². The molecule has 0 saturated carbocycles. The van der Waals surface area contributed by atoms with Crippen molar-refractivity contribution in [1.29, 1.82) is 0 Å². The number of carbonyl (C=O) groups is 2. The Hall–Kier alpha value is -2.08. The van der Waals surface area contributed by atoms with Crippen molar-refractivity contribution in [3.8, 4) is 5.75 Å². The molecule has 0 bridgehead atoms. The van der Waals surface area contributed by atoms with Crippen LogP contribution in [-0.4, -0.2) is 52.8 Å². The number of ether oxygens (including phenoxy) is 1. The molecule has 24 heavy (non-hydrogen) atoms. The highest BCUT2D eigenvalue weighted by atomic mass is 16.5. The quantitative estimate of drug-likeness (QED) is 0.832. The average Bonchev–Trinajstić information content (AvgIpc) is 2.57. The number of nitrogens with zero attached hydrogens (tertiary/aromatic N) is 1. The van der Waals surface area contributed by atoms with Gasteiger partial charge in [-0.25, -0.2) is 0 Å². The van der Waals surface area contributed by atoms with E-state index in [1.54, 1.807) is 24.3 Å². The molecular weight excluding hydrogens is 310 g/mol. The first-order valence-corrected chi connectivity index (χ1v) is 8.38. The van der Waals surface area contributed by atoms with Crippen LogP contribution < -0.4 is 4.74 Å². The fraction of sp³-hybridized carbons (Fsp3) is 0.556. The predicted octanol–water partition coefficient (Wildman–Crippen LogP) is 2.16. The summed E-state index contributed by atoms with van der Waals surface area (Å²) in [5.41, 5.74) is -0.826. The summed E-state index contributed by atoms with van der Waals surface area (Å²) in [5.74, 6) is -0.666. The van der Waals surface area contributed by atoms with E-state index in [1.807, 2.05) is 13.8 Å². The van der Waals surface area contributed by atoms with Crippen LogP contribution in [-0.2, 0) is 4.79 Å². The summed E-state index contributed by atoms with van der Waals surface area (Å²) in [5, 5.41) is 19.9. The standard InChI is InChI=1S/C18H25NO5/c1-3-9-18(17(22)23)12-19(10-8-15(18)20)16(21)13-6-5-7-14(11-13)24-4-2/h5-7,11,15,20H,3-4,8-10,12H2,1-2H3,(H,22,23)/t15-,18+/m0/s1. The van der Waals surface area contributed by atoms with Crippen LogP contribution in [0.15, 0.2) is 24.3 Å². The fourth-order valence-corrected chi connectivity index (χ4v) is 3.33. The third-order valence-corrected chi connectivity index (χ3v) is 4.58. The number of hydrogen-bond donors (Lipinski definition) is 2. The maximum absolute atomic E-state index is 12.8. The van der Waals surface area contributed by atoms with Gasteiger partial charge in [-0.15, -0.1) is 0 Å². The summed E-state index contributed by atoms with van der Waals surface area (Å²) < 4.78 is 5.41. The molecule has 0 spiro atoms. The van der Waals surface area contributed by atoms with Gasteiger partial charge in [0.15, 0.2) is 0 Å². The summed E-state index contributed by atoms with van der Waals surface area (Å²) in [4.78, 5) is 26.1. The Kier molecular flexibility index (Phi) is 5.83. The zero-order valence-electron chi connectivity index (χ0n) is 14.2. The predicted molar refractivity (Wildman–Crippen MR) is 89.1 cm³/mol. The molecule has 1 fully saturated rings. The Morgan fingerprint density at radius 2 is 2.12 bits per heavy atom. The Labute approximate surface area is 142 Å². The highest BCUT2D eigenvalue weighted by Crippen LogP contribution is 2.36. The highest BCUT2D eigenvalue weighted by Gasteiger charge is 2.49. The number of rotatable bonds is 6. The number of benzene rings is 1. The zero-order valence-corrected chi connectivity index (χ0v) is 14.2. The van der Waals surface area contributed by atoms with Crippen LogP contribution in [0.4, 0.5) is 0 Å². The molecule has 2 N–H and O–H groups in total. The summed E-state index contributed by atoms with van der Waals surface area (Å²) in [6.45, 7) is 4.62. The molecule has 1 aliphatic heterocycles. The Morgan fingerprint density at radius 3 is 2.75 bits per heavy atom. The first kappa shape index (κ1) is 18.3. The number of amides is 1. The van der Waals surface area contributed by atoms with Crippen molar-refractivity contribution >= 4 is 11.9 Å². The van der Waals surface area contributed by atoms with E-state index in [0.717, 1.165) is 0 Å². The number of carboxylic acids is 1. The van der Waals surface area contributed by atoms with Gasteiger partial charge in [0.2, 0.25) is 0 Å². The van der Waals surface area contributed by atoms with E-state index in [4.69, 9.17) is 4.74 Å². The van der Waals surface area contributed by atoms with Crippen molar-refractivity contribution < 1.29 is 24.5 Å². The molecule has 1 saturated heterocycles. The maximum Gasteiger partial charge on any atom is 0.314 e. The normalized spacial score (nSPS) is 23.8. The molecule has 2 atom stereocenters. The number of likely N-dealkylation sites (tertiary alicyclic amines) is 1. The van der Waals surface area contributed by atoms with E-state index in [2.05, 4.69) is 0 Å². The number of aliphatic hydroxyl groups excluding tert-OH is 1. The van der Waals surface area contributed by atoms with E-state index in [9.17, 15) is 19.8 Å². The summed E-state index contributed by atoms with van der Waals surface area (Å²) in [7, 11) is 0. The molecule has 0 aliphatic carbocycles. The van der Waals surface area contributed by atoms with E-state index < -0.39 is 17.5 Å². The van der Waals surface area contributed by atoms with E-state index in [-0.39, 0.29) is 18.9 Å². The summed E-state index contributed by atoms with van der Waals surface area (Å²) in [6.07, 6.45) is 0.300. The van der Waals surface area contributed by atoms with E-state index >= 15 is 0 Å². The summed E-state index contributed by atoms with van der Waals surface area (Å²) >= 11 is 0. The topological polar surface area (TPSA) is 87.1 Å². The van der Waals surface area contributed by atoms with Crippen LogP contribution in [0, 0.1) is 5.41 Å². The molecule has 0 aromatic heterocycles. The molecule has 1 aromatic carbocycles. The molecule has 6 heteroatoms. The van der Waals surface area contributed by atoms with Crippen molar-refractivity contribution in [2.45, 2.75) is 39.2 Å². The van der Waals surface area contributed by atoms with Gasteiger partial charge >= 0.3 is 5.97 Å². The van der Waals surface area contributed by atoms with Gasteiger partial charge in [-0.2, -0.15) is 0 Å². The number of hydrogen-bond acceptors (Lipinski definition) is 4. The average molecular weight is 335 g/mol. The number of carboxylic acid groups (broad SMARTS) is 1. The van der Waals surface area contributed by atoms with Crippen LogP contribution in [0.2, 0.25) is 0 Å². The second kappa shape index (κ2) is 7.66. The van der Waals surface area contributed by atoms with Crippen LogP contribution in [0.5, 0.6) is 5.75 Å². The first-order valence-electron chi connectivity index (χ1n) is 8.38. The lowest BCUT2D eigenvalue weighted by molar-refractivity contribution is -0.162. The number of aliphatic hydroxyl groups is 1. The van der Waals surface area contributed by atoms with Crippen LogP contribution >= 0.6 is 0 Å². The number of carbonyl (C=O) groups excluding carboxylic acids is 1. The zero-order chi connectivity index (χ0) is 17.7. The van der Waals surface area contributed by atoms with Crippen LogP contribution in [0.3, 0.4) is 0 Å². The van der Waals surface area contributed by atoms with Crippen molar-refractivity contribution in [3.05, 3.63) is 29.8 Å². The van der Waals surface area contributed by atoms with Crippen LogP contribution in [0.25, 0.3) is 0 Å². The second-order valence-corrected chi connectivity index (χ2v) is 6.20. The van der Waals surface area contributed by atoms with Crippen molar-refractivity contribution in [1.82, 2.24) is 4.90 Å². The smallest absolute Gasteiger partial charge is 0.314 e. The van der Waals surface area contributed by atoms with Gasteiger partial charge < -0.3 is 19.8 Å². The van der Waals surface area contributed by atoms with Gasteiger partial charge in [0, 0.05) is 18.7 Å². The molecule has 1 aromatic rings. The lowest BCUT2D eigenvalue weighted by atomic mass is 9.74. The van der Waals surface area contributed by atoms with Gasteiger partial charge in [0.1, 0.15) is 11.2 Å². The van der Waals surface area contributed by atoms with Gasteiger partial charge in [-0.05, 0) is 38.0 Å². The van der Waals surface area contributed by atoms with Crippen molar-refractivity contribution in [3.63, 3.8) is 0 Å². The minimum absolute atomic E-state index is 0.0229. The molecule has 2 rings (SSSR count). The van der Waals surface area contributed by atoms with Gasteiger partial charge in [0.25, 0.3) is 5.91 Å². The molecular formula is C18H25NO5. The molecule has 1 heterocycles. The number of piperidine rings is 1. The minimum atomic E-state index is -1.29. The largest absolute Gasteiger partial charge is 0.494 e. The van der Waals surface area contributed by atoms with Gasteiger partial charge in [0.05, 0.1) is 12.7 Å². The molecule has 132 valence electrons. The highest BCUT2D eigenvalue weighted by molar-refractivity contribution is 5.95. The number of aliphatic carboxylic acids is 1. The maximum atomic E-state index is 12.8. The summed E-state index contributed by atoms with van der Waals surface area (Å²) in [6, 6.07) is 6.88. The molecule has 6 nitrogen and oxygen atoms in total. The molecule has 1 amide bonds. The molecule has 1 aliphatic rings. The Morgan fingerprint density at radius 1 is 1.38 bits per heavy atom. The monoisotopic (exact) mass is 335 g/mol. The van der Waals surface area contributed by atoms with Crippen molar-refractivity contribution in [2.75, 3.05) is 19.7 Å². The van der Waals surface area contributed by atoms with Gasteiger partial charge in [-0.1, -0.05) is 19.4 Å².